The van der Waals surface area contributed by atoms with Gasteiger partial charge in [-0.1, -0.05) is 0 Å². The minimum atomic E-state index is -1.10. The van der Waals surface area contributed by atoms with E-state index in [1.54, 1.807) is 14.2 Å². The molecule has 1 N–H and O–H groups in total. The molecule has 1 aromatic carbocycles. The van der Waals surface area contributed by atoms with Gasteiger partial charge in [0, 0.05) is 39.4 Å². The van der Waals surface area contributed by atoms with Crippen LogP contribution in [0.4, 0.5) is 8.78 Å². The van der Waals surface area contributed by atoms with Crippen molar-refractivity contribution < 1.29 is 23.4 Å². The van der Waals surface area contributed by atoms with Crippen molar-refractivity contribution in [2.75, 3.05) is 47.1 Å². The topological polar surface area (TPSA) is 41.9 Å². The Morgan fingerprint density at radius 3 is 2.30 bits per heavy atom. The zero-order chi connectivity index (χ0) is 15.0. The second kappa shape index (κ2) is 8.97. The van der Waals surface area contributed by atoms with Crippen molar-refractivity contribution in [1.82, 2.24) is 4.90 Å². The van der Waals surface area contributed by atoms with Crippen molar-refractivity contribution in [2.24, 2.45) is 0 Å². The quantitative estimate of drug-likeness (QED) is 0.749. The molecule has 0 aliphatic carbocycles. The first-order valence-corrected chi connectivity index (χ1v) is 6.41. The van der Waals surface area contributed by atoms with Gasteiger partial charge < -0.3 is 14.6 Å². The summed E-state index contributed by atoms with van der Waals surface area (Å²) in [5, 5.41) is 10.1. The highest BCUT2D eigenvalue weighted by Crippen LogP contribution is 2.19. The summed E-state index contributed by atoms with van der Waals surface area (Å²) < 4.78 is 36.7. The number of nitrogens with zero attached hydrogens (tertiary/aromatic N) is 1. The summed E-state index contributed by atoms with van der Waals surface area (Å²) in [6, 6.07) is 3.06. The van der Waals surface area contributed by atoms with Crippen molar-refractivity contribution in [1.29, 1.82) is 0 Å². The number of benzene rings is 1. The van der Waals surface area contributed by atoms with E-state index in [0.717, 1.165) is 18.2 Å². The van der Waals surface area contributed by atoms with Crippen molar-refractivity contribution in [3.8, 4) is 0 Å². The average Bonchev–Trinajstić information content (AvgIpc) is 2.44. The van der Waals surface area contributed by atoms with Crippen LogP contribution in [0.5, 0.6) is 0 Å². The van der Waals surface area contributed by atoms with Gasteiger partial charge in [0.05, 0.1) is 19.3 Å². The number of hydrogen-bond acceptors (Lipinski definition) is 4. The molecule has 0 radical (unpaired) electrons. The van der Waals surface area contributed by atoms with E-state index < -0.39 is 17.7 Å². The van der Waals surface area contributed by atoms with E-state index in [1.165, 1.54) is 0 Å². The third kappa shape index (κ3) is 5.50. The molecule has 0 bridgehead atoms. The molecule has 114 valence electrons. The first-order chi connectivity index (χ1) is 9.58. The summed E-state index contributed by atoms with van der Waals surface area (Å²) in [6.45, 7) is 2.32. The molecular formula is C14H21F2NO3. The maximum absolute atomic E-state index is 13.6. The molecule has 20 heavy (non-hydrogen) atoms. The molecule has 0 spiro atoms. The fraction of sp³-hybridized carbons (Fsp3) is 0.571. The molecule has 1 aromatic rings. The van der Waals surface area contributed by atoms with Gasteiger partial charge in [0.2, 0.25) is 0 Å². The van der Waals surface area contributed by atoms with Gasteiger partial charge in [0.15, 0.2) is 0 Å². The van der Waals surface area contributed by atoms with E-state index >= 15 is 0 Å². The zero-order valence-electron chi connectivity index (χ0n) is 11.8. The molecule has 0 heterocycles. The Kier molecular flexibility index (Phi) is 7.61. The van der Waals surface area contributed by atoms with Gasteiger partial charge >= 0.3 is 0 Å². The number of methoxy groups -OCH3 is 2. The lowest BCUT2D eigenvalue weighted by molar-refractivity contribution is 0.0681. The van der Waals surface area contributed by atoms with Crippen LogP contribution in [0.3, 0.4) is 0 Å². The Morgan fingerprint density at radius 1 is 1.15 bits per heavy atom. The van der Waals surface area contributed by atoms with Crippen LogP contribution in [0.15, 0.2) is 18.2 Å². The minimum absolute atomic E-state index is 0.0372. The van der Waals surface area contributed by atoms with E-state index in [9.17, 15) is 13.9 Å². The van der Waals surface area contributed by atoms with Crippen molar-refractivity contribution in [3.63, 3.8) is 0 Å². The lowest BCUT2D eigenvalue weighted by Crippen LogP contribution is -2.34. The molecule has 0 amide bonds. The Morgan fingerprint density at radius 2 is 1.75 bits per heavy atom. The standard InChI is InChI=1S/C14H21F2NO3/c1-19-7-5-17(6-8-20-2)10-14(18)12-9-11(15)3-4-13(12)16/h3-4,9,14,18H,5-8,10H2,1-2H3. The van der Waals surface area contributed by atoms with Crippen molar-refractivity contribution in [2.45, 2.75) is 6.10 Å². The summed E-state index contributed by atoms with van der Waals surface area (Å²) in [7, 11) is 3.16. The molecule has 0 aromatic heterocycles. The summed E-state index contributed by atoms with van der Waals surface area (Å²) in [5.41, 5.74) is -0.0372. The molecule has 0 saturated heterocycles. The zero-order valence-corrected chi connectivity index (χ0v) is 11.8. The SMILES string of the molecule is COCCN(CCOC)CC(O)c1cc(F)ccc1F. The number of aliphatic hydroxyl groups excluding tert-OH is 1. The molecule has 0 aliphatic rings. The van der Waals surface area contributed by atoms with Crippen LogP contribution in [-0.2, 0) is 9.47 Å². The van der Waals surface area contributed by atoms with E-state index in [0.29, 0.717) is 26.3 Å². The van der Waals surface area contributed by atoms with Crippen LogP contribution < -0.4 is 0 Å². The van der Waals surface area contributed by atoms with Crippen LogP contribution in [0.1, 0.15) is 11.7 Å². The number of rotatable bonds is 9. The molecule has 0 aliphatic heterocycles. The van der Waals surface area contributed by atoms with Gasteiger partial charge in [-0.2, -0.15) is 0 Å². The summed E-state index contributed by atoms with van der Waals surface area (Å²) in [4.78, 5) is 1.88. The Hall–Kier alpha value is -1.08. The molecular weight excluding hydrogens is 268 g/mol. The smallest absolute Gasteiger partial charge is 0.129 e. The Labute approximate surface area is 117 Å². The molecule has 1 rings (SSSR count). The lowest BCUT2D eigenvalue weighted by atomic mass is 10.1. The normalized spacial score (nSPS) is 12.9. The van der Waals surface area contributed by atoms with Crippen LogP contribution in [0.2, 0.25) is 0 Å². The maximum atomic E-state index is 13.6. The van der Waals surface area contributed by atoms with E-state index in [-0.39, 0.29) is 12.1 Å². The Balaban J connectivity index is 2.67. The minimum Gasteiger partial charge on any atom is -0.387 e. The third-order valence-electron chi connectivity index (χ3n) is 2.97. The molecule has 0 saturated carbocycles. The van der Waals surface area contributed by atoms with Gasteiger partial charge in [-0.05, 0) is 18.2 Å². The van der Waals surface area contributed by atoms with Crippen LogP contribution in [0, 0.1) is 11.6 Å². The number of halogens is 2. The highest BCUT2D eigenvalue weighted by Gasteiger charge is 2.17. The predicted octanol–water partition coefficient (Wildman–Crippen LogP) is 1.59. The first kappa shape index (κ1) is 17.0. The van der Waals surface area contributed by atoms with Crippen molar-refractivity contribution in [3.05, 3.63) is 35.4 Å². The summed E-state index contributed by atoms with van der Waals surface area (Å²) in [6.07, 6.45) is -1.10. The highest BCUT2D eigenvalue weighted by molar-refractivity contribution is 5.21. The predicted molar refractivity (Wildman–Crippen MR) is 71.5 cm³/mol. The fourth-order valence-electron chi connectivity index (χ4n) is 1.85. The maximum Gasteiger partial charge on any atom is 0.129 e. The summed E-state index contributed by atoms with van der Waals surface area (Å²) >= 11 is 0. The van der Waals surface area contributed by atoms with Crippen molar-refractivity contribution >= 4 is 0 Å². The van der Waals surface area contributed by atoms with E-state index in [1.807, 2.05) is 4.90 Å². The highest BCUT2D eigenvalue weighted by atomic mass is 19.1. The lowest BCUT2D eigenvalue weighted by Gasteiger charge is -2.24. The molecule has 1 atom stereocenters. The number of aliphatic hydroxyl groups is 1. The molecule has 4 nitrogen and oxygen atoms in total. The number of hydrogen-bond donors (Lipinski definition) is 1. The first-order valence-electron chi connectivity index (χ1n) is 6.41. The molecule has 6 heteroatoms. The van der Waals surface area contributed by atoms with E-state index in [4.69, 9.17) is 9.47 Å². The monoisotopic (exact) mass is 289 g/mol. The van der Waals surface area contributed by atoms with Crippen LogP contribution in [-0.4, -0.2) is 57.1 Å². The van der Waals surface area contributed by atoms with Gasteiger partial charge in [0.25, 0.3) is 0 Å². The van der Waals surface area contributed by atoms with Gasteiger partial charge in [-0.25, -0.2) is 8.78 Å². The van der Waals surface area contributed by atoms with E-state index in [2.05, 4.69) is 0 Å². The molecule has 0 fully saturated rings. The second-order valence-electron chi connectivity index (χ2n) is 4.47. The molecule has 1 unspecified atom stereocenters. The van der Waals surface area contributed by atoms with Crippen LogP contribution in [0.25, 0.3) is 0 Å². The van der Waals surface area contributed by atoms with Gasteiger partial charge in [0.1, 0.15) is 11.6 Å². The Bertz CT molecular complexity index is 396. The van der Waals surface area contributed by atoms with Gasteiger partial charge in [-0.3, -0.25) is 4.90 Å². The third-order valence-corrected chi connectivity index (χ3v) is 2.97. The largest absolute Gasteiger partial charge is 0.387 e. The van der Waals surface area contributed by atoms with Gasteiger partial charge in [-0.15, -0.1) is 0 Å². The second-order valence-corrected chi connectivity index (χ2v) is 4.47. The van der Waals surface area contributed by atoms with Crippen LogP contribution >= 0.6 is 0 Å². The fourth-order valence-corrected chi connectivity index (χ4v) is 1.85. The average molecular weight is 289 g/mol. The summed E-state index contributed by atoms with van der Waals surface area (Å²) in [5.74, 6) is -1.18. The number of ether oxygens (including phenoxy) is 2.